The Balaban J connectivity index is 1.47. The van der Waals surface area contributed by atoms with Crippen LogP contribution in [0.15, 0.2) is 42.5 Å². The van der Waals surface area contributed by atoms with Gasteiger partial charge in [0.15, 0.2) is 0 Å². The quantitative estimate of drug-likeness (QED) is 0.186. The fraction of sp³-hybridized carbons (Fsp3) is 0.600. The van der Waals surface area contributed by atoms with E-state index in [1.165, 1.54) is 0 Å². The van der Waals surface area contributed by atoms with Gasteiger partial charge in [-0.1, -0.05) is 55.3 Å². The number of esters is 1. The number of rotatable bonds is 11. The van der Waals surface area contributed by atoms with Crippen molar-refractivity contribution in [2.75, 3.05) is 19.8 Å². The maximum atomic E-state index is 13.2. The smallest absolute Gasteiger partial charge is 0.407 e. The van der Waals surface area contributed by atoms with Crippen molar-refractivity contribution in [2.24, 2.45) is 5.92 Å². The van der Waals surface area contributed by atoms with Gasteiger partial charge in [-0.15, -0.1) is 0 Å². The first-order valence-corrected chi connectivity index (χ1v) is 14.4. The van der Waals surface area contributed by atoms with E-state index in [0.29, 0.717) is 38.6 Å². The highest BCUT2D eigenvalue weighted by Gasteiger charge is 2.35. The second kappa shape index (κ2) is 16.6. The van der Waals surface area contributed by atoms with Crippen LogP contribution in [0.2, 0.25) is 0 Å². The first-order chi connectivity index (χ1) is 19.4. The fourth-order valence-corrected chi connectivity index (χ4v) is 5.07. The van der Waals surface area contributed by atoms with Gasteiger partial charge in [0.05, 0.1) is 24.1 Å². The lowest BCUT2D eigenvalue weighted by Crippen LogP contribution is -2.50. The highest BCUT2D eigenvalue weighted by molar-refractivity contribution is 5.86. The van der Waals surface area contributed by atoms with E-state index in [-0.39, 0.29) is 50.4 Å². The molecule has 10 nitrogen and oxygen atoms in total. The van der Waals surface area contributed by atoms with E-state index in [2.05, 4.69) is 16.0 Å². The van der Waals surface area contributed by atoms with Crippen LogP contribution in [0.4, 0.5) is 4.79 Å². The van der Waals surface area contributed by atoms with Gasteiger partial charge in [0.1, 0.15) is 13.2 Å². The first kappa shape index (κ1) is 31.1. The molecule has 40 heavy (non-hydrogen) atoms. The SMILES string of the molecule is O=C(CC1CC=CCCC(=O)OCC(CCCCNC(=O)OCc2ccccc2)NC1=O)NC1(CO)CCCC1. The summed E-state index contributed by atoms with van der Waals surface area (Å²) in [6.07, 6.45) is 9.57. The molecule has 0 bridgehead atoms. The minimum atomic E-state index is -0.590. The molecule has 3 amide bonds. The van der Waals surface area contributed by atoms with Crippen molar-refractivity contribution in [3.05, 3.63) is 48.0 Å². The number of allylic oxidation sites excluding steroid dienone is 2. The second-order valence-electron chi connectivity index (χ2n) is 10.7. The number of aliphatic hydroxyl groups is 1. The van der Waals surface area contributed by atoms with Gasteiger partial charge < -0.3 is 30.5 Å². The van der Waals surface area contributed by atoms with Crippen LogP contribution in [0.25, 0.3) is 0 Å². The van der Waals surface area contributed by atoms with E-state index in [0.717, 1.165) is 31.2 Å². The van der Waals surface area contributed by atoms with Crippen molar-refractivity contribution >= 4 is 23.9 Å². The molecule has 10 heteroatoms. The summed E-state index contributed by atoms with van der Waals surface area (Å²) in [6.45, 7) is 0.547. The number of aliphatic hydroxyl groups excluding tert-OH is 1. The molecule has 1 aliphatic heterocycles. The summed E-state index contributed by atoms with van der Waals surface area (Å²) in [5, 5.41) is 18.5. The molecule has 1 aliphatic carbocycles. The average Bonchev–Trinajstić information content (AvgIpc) is 3.42. The lowest BCUT2D eigenvalue weighted by atomic mass is 9.95. The monoisotopic (exact) mass is 557 g/mol. The van der Waals surface area contributed by atoms with E-state index >= 15 is 0 Å². The molecule has 1 heterocycles. The van der Waals surface area contributed by atoms with Crippen molar-refractivity contribution in [1.82, 2.24) is 16.0 Å². The molecule has 1 aromatic rings. The van der Waals surface area contributed by atoms with E-state index in [9.17, 15) is 24.3 Å². The minimum Gasteiger partial charge on any atom is -0.463 e. The molecule has 0 radical (unpaired) electrons. The van der Waals surface area contributed by atoms with Crippen molar-refractivity contribution in [2.45, 2.75) is 88.8 Å². The number of amides is 3. The van der Waals surface area contributed by atoms with Crippen molar-refractivity contribution in [3.8, 4) is 0 Å². The standard InChI is InChI=1S/C30H43N3O7/c34-22-30(16-8-9-17-30)33-26(35)19-24-13-5-2-6-15-27(36)39-21-25(32-28(24)37)14-7-10-18-31-29(38)40-20-23-11-3-1-4-12-23/h1-5,11-12,24-25,34H,6-10,13-22H2,(H,31,38)(H,32,37)(H,33,35). The Bertz CT molecular complexity index is 992. The zero-order valence-electron chi connectivity index (χ0n) is 23.2. The highest BCUT2D eigenvalue weighted by atomic mass is 16.5. The van der Waals surface area contributed by atoms with Crippen molar-refractivity contribution in [1.29, 1.82) is 0 Å². The molecule has 1 fully saturated rings. The topological polar surface area (TPSA) is 143 Å². The third kappa shape index (κ3) is 11.0. The summed E-state index contributed by atoms with van der Waals surface area (Å²) < 4.78 is 10.6. The number of cyclic esters (lactones) is 1. The highest BCUT2D eigenvalue weighted by Crippen LogP contribution is 2.29. The van der Waals surface area contributed by atoms with Gasteiger partial charge in [0.25, 0.3) is 0 Å². The maximum Gasteiger partial charge on any atom is 0.407 e. The number of carbonyl (C=O) groups is 4. The van der Waals surface area contributed by atoms with Crippen molar-refractivity contribution in [3.63, 3.8) is 0 Å². The number of alkyl carbamates (subject to hydrolysis) is 1. The number of unbranched alkanes of at least 4 members (excludes halogenated alkanes) is 1. The van der Waals surface area contributed by atoms with Crippen LogP contribution in [-0.2, 0) is 30.5 Å². The summed E-state index contributed by atoms with van der Waals surface area (Å²) in [5.74, 6) is -1.42. The number of carbonyl (C=O) groups excluding carboxylic acids is 4. The van der Waals surface area contributed by atoms with E-state index in [4.69, 9.17) is 9.47 Å². The summed E-state index contributed by atoms with van der Waals surface area (Å²) in [6, 6.07) is 9.01. The Morgan fingerprint density at radius 1 is 1.10 bits per heavy atom. The van der Waals surface area contributed by atoms with Crippen LogP contribution < -0.4 is 16.0 Å². The Labute approximate surface area is 236 Å². The second-order valence-corrected chi connectivity index (χ2v) is 10.7. The van der Waals surface area contributed by atoms with E-state index in [1.54, 1.807) is 0 Å². The fourth-order valence-electron chi connectivity index (χ4n) is 5.07. The molecule has 0 aromatic heterocycles. The number of ether oxygens (including phenoxy) is 2. The van der Waals surface area contributed by atoms with E-state index in [1.807, 2.05) is 42.5 Å². The predicted molar refractivity (Wildman–Crippen MR) is 149 cm³/mol. The zero-order valence-corrected chi connectivity index (χ0v) is 23.2. The van der Waals surface area contributed by atoms with Gasteiger partial charge in [-0.25, -0.2) is 4.79 Å². The normalized spacial score (nSPS) is 21.3. The third-order valence-electron chi connectivity index (χ3n) is 7.43. The molecule has 2 aliphatic rings. The van der Waals surface area contributed by atoms with Crippen LogP contribution in [0.5, 0.6) is 0 Å². The van der Waals surface area contributed by atoms with Gasteiger partial charge in [0, 0.05) is 19.4 Å². The lowest BCUT2D eigenvalue weighted by molar-refractivity contribution is -0.145. The van der Waals surface area contributed by atoms with Gasteiger partial charge in [-0.05, 0) is 50.5 Å². The summed E-state index contributed by atoms with van der Waals surface area (Å²) in [7, 11) is 0. The van der Waals surface area contributed by atoms with Crippen LogP contribution in [0.3, 0.4) is 0 Å². The third-order valence-corrected chi connectivity index (χ3v) is 7.43. The minimum absolute atomic E-state index is 0.0133. The molecule has 3 rings (SSSR count). The molecular weight excluding hydrogens is 514 g/mol. The zero-order chi connectivity index (χ0) is 28.6. The largest absolute Gasteiger partial charge is 0.463 e. The van der Waals surface area contributed by atoms with Gasteiger partial charge >= 0.3 is 12.1 Å². The average molecular weight is 558 g/mol. The number of hydrogen-bond acceptors (Lipinski definition) is 7. The molecule has 2 unspecified atom stereocenters. The van der Waals surface area contributed by atoms with Crippen LogP contribution in [-0.4, -0.2) is 60.3 Å². The molecule has 1 saturated carbocycles. The number of hydrogen-bond donors (Lipinski definition) is 4. The Morgan fingerprint density at radius 2 is 1.88 bits per heavy atom. The lowest BCUT2D eigenvalue weighted by Gasteiger charge is -2.29. The molecule has 4 N–H and O–H groups in total. The summed E-state index contributed by atoms with van der Waals surface area (Å²) in [4.78, 5) is 50.1. The predicted octanol–water partition coefficient (Wildman–Crippen LogP) is 3.28. The van der Waals surface area contributed by atoms with Gasteiger partial charge in [0.2, 0.25) is 11.8 Å². The summed E-state index contributed by atoms with van der Waals surface area (Å²) >= 11 is 0. The maximum absolute atomic E-state index is 13.2. The first-order valence-electron chi connectivity index (χ1n) is 14.4. The molecule has 220 valence electrons. The Morgan fingerprint density at radius 3 is 2.62 bits per heavy atom. The van der Waals surface area contributed by atoms with Crippen LogP contribution in [0, 0.1) is 5.92 Å². The number of benzene rings is 1. The Kier molecular flexibility index (Phi) is 13.0. The molecule has 0 spiro atoms. The number of nitrogens with one attached hydrogen (secondary N) is 3. The molecule has 0 saturated heterocycles. The van der Waals surface area contributed by atoms with Gasteiger partial charge in [-0.2, -0.15) is 0 Å². The van der Waals surface area contributed by atoms with Crippen LogP contribution in [0.1, 0.15) is 76.2 Å². The molecule has 1 aromatic carbocycles. The van der Waals surface area contributed by atoms with Crippen molar-refractivity contribution < 1.29 is 33.8 Å². The van der Waals surface area contributed by atoms with Gasteiger partial charge in [-0.3, -0.25) is 14.4 Å². The van der Waals surface area contributed by atoms with E-state index < -0.39 is 23.6 Å². The Hall–Kier alpha value is -3.40. The molecule has 2 atom stereocenters. The van der Waals surface area contributed by atoms with Crippen LogP contribution >= 0.6 is 0 Å². The summed E-state index contributed by atoms with van der Waals surface area (Å²) in [5.41, 5.74) is 0.316. The molecular formula is C30H43N3O7.